The number of carbonyl (C=O) groups is 1. The van der Waals surface area contributed by atoms with E-state index in [0.29, 0.717) is 0 Å². The first-order valence-corrected chi connectivity index (χ1v) is 9.42. The third kappa shape index (κ3) is 3.74. The molecule has 0 radical (unpaired) electrons. The zero-order valence-corrected chi connectivity index (χ0v) is 15.4. The van der Waals surface area contributed by atoms with Gasteiger partial charge in [-0.1, -0.05) is 19.1 Å². The average molecular weight is 364 g/mol. The number of nitrogens with zero attached hydrogens (tertiary/aromatic N) is 2. The van der Waals surface area contributed by atoms with E-state index < -0.39 is 0 Å². The molecule has 0 bridgehead atoms. The van der Waals surface area contributed by atoms with E-state index in [-0.39, 0.29) is 18.1 Å². The average Bonchev–Trinajstić information content (AvgIpc) is 2.98. The van der Waals surface area contributed by atoms with Gasteiger partial charge in [0, 0.05) is 24.5 Å². The third-order valence-corrected chi connectivity index (χ3v) is 5.28. The quantitative estimate of drug-likeness (QED) is 0.747. The topological polar surface area (TPSA) is 70.1 Å². The Morgan fingerprint density at radius 1 is 1.11 bits per heavy atom. The molecule has 2 aromatic carbocycles. The Morgan fingerprint density at radius 2 is 1.81 bits per heavy atom. The van der Waals surface area contributed by atoms with Crippen LogP contribution in [-0.2, 0) is 11.3 Å². The van der Waals surface area contributed by atoms with E-state index in [2.05, 4.69) is 22.1 Å². The number of hydrogen-bond donors (Lipinski definition) is 2. The maximum atomic E-state index is 12.4. The molecule has 0 spiro atoms. The lowest BCUT2D eigenvalue weighted by atomic mass is 9.99. The van der Waals surface area contributed by atoms with Crippen LogP contribution in [0.2, 0.25) is 0 Å². The van der Waals surface area contributed by atoms with Crippen LogP contribution in [0.15, 0.2) is 53.3 Å². The standard InChI is InChI=1S/C21H24N4O2/c1-15-10-12-24(13-11-15)17-8-6-16(7-9-17)22-20(26)14-25-19-5-3-2-4-18(19)23-21(25)27/h2-9,15H,10-14H2,1H3,(H,22,26)(H,23,27). The number of fused-ring (bicyclic) bond motifs is 1. The second-order valence-corrected chi connectivity index (χ2v) is 7.30. The molecule has 1 aliphatic rings. The molecular weight excluding hydrogens is 340 g/mol. The number of benzene rings is 2. The van der Waals surface area contributed by atoms with E-state index in [1.54, 1.807) is 0 Å². The lowest BCUT2D eigenvalue weighted by Crippen LogP contribution is -2.32. The Bertz CT molecular complexity index is 995. The Labute approximate surface area is 157 Å². The first-order chi connectivity index (χ1) is 13.1. The molecule has 0 saturated carbocycles. The number of imidazole rings is 1. The fourth-order valence-corrected chi connectivity index (χ4v) is 3.63. The van der Waals surface area contributed by atoms with Gasteiger partial charge in [0.05, 0.1) is 11.0 Å². The molecule has 1 fully saturated rings. The molecule has 140 valence electrons. The summed E-state index contributed by atoms with van der Waals surface area (Å²) in [5.41, 5.74) is 3.11. The number of aromatic nitrogens is 2. The minimum Gasteiger partial charge on any atom is -0.372 e. The molecule has 27 heavy (non-hydrogen) atoms. The molecule has 4 rings (SSSR count). The molecule has 1 aromatic heterocycles. The SMILES string of the molecule is CC1CCN(c2ccc(NC(=O)Cn3c(=O)[nH]c4ccccc43)cc2)CC1. The van der Waals surface area contributed by atoms with Crippen molar-refractivity contribution in [1.29, 1.82) is 0 Å². The Kier molecular flexibility index (Phi) is 4.71. The number of rotatable bonds is 4. The zero-order valence-electron chi connectivity index (χ0n) is 15.4. The van der Waals surface area contributed by atoms with Crippen molar-refractivity contribution in [2.45, 2.75) is 26.3 Å². The van der Waals surface area contributed by atoms with Gasteiger partial charge in [-0.3, -0.25) is 9.36 Å². The summed E-state index contributed by atoms with van der Waals surface area (Å²) in [5, 5.41) is 2.88. The first kappa shape index (κ1) is 17.4. The summed E-state index contributed by atoms with van der Waals surface area (Å²) in [5.74, 6) is 0.578. The van der Waals surface area contributed by atoms with Crippen molar-refractivity contribution in [2.75, 3.05) is 23.3 Å². The van der Waals surface area contributed by atoms with Crippen LogP contribution < -0.4 is 15.9 Å². The highest BCUT2D eigenvalue weighted by Gasteiger charge is 2.16. The molecule has 0 atom stereocenters. The number of nitrogens with one attached hydrogen (secondary N) is 2. The van der Waals surface area contributed by atoms with Gasteiger partial charge in [-0.05, 0) is 55.2 Å². The van der Waals surface area contributed by atoms with Gasteiger partial charge in [0.25, 0.3) is 0 Å². The van der Waals surface area contributed by atoms with E-state index in [1.807, 2.05) is 48.5 Å². The summed E-state index contributed by atoms with van der Waals surface area (Å²) in [6, 6.07) is 15.3. The number of aromatic amines is 1. The third-order valence-electron chi connectivity index (χ3n) is 5.28. The largest absolute Gasteiger partial charge is 0.372 e. The number of carbonyl (C=O) groups excluding carboxylic acids is 1. The van der Waals surface area contributed by atoms with E-state index in [0.717, 1.165) is 35.7 Å². The maximum Gasteiger partial charge on any atom is 0.326 e. The van der Waals surface area contributed by atoms with Crippen LogP contribution in [-0.4, -0.2) is 28.5 Å². The van der Waals surface area contributed by atoms with E-state index >= 15 is 0 Å². The van der Waals surface area contributed by atoms with Crippen molar-refractivity contribution in [3.63, 3.8) is 0 Å². The molecule has 2 N–H and O–H groups in total. The lowest BCUT2D eigenvalue weighted by molar-refractivity contribution is -0.116. The molecule has 6 heteroatoms. The predicted molar refractivity (Wildman–Crippen MR) is 108 cm³/mol. The van der Waals surface area contributed by atoms with E-state index in [9.17, 15) is 9.59 Å². The number of anilines is 2. The zero-order chi connectivity index (χ0) is 18.8. The predicted octanol–water partition coefficient (Wildman–Crippen LogP) is 3.20. The molecule has 1 aliphatic heterocycles. The van der Waals surface area contributed by atoms with Crippen molar-refractivity contribution in [3.8, 4) is 0 Å². The van der Waals surface area contributed by atoms with Crippen molar-refractivity contribution >= 4 is 28.3 Å². The van der Waals surface area contributed by atoms with E-state index in [1.165, 1.54) is 23.1 Å². The first-order valence-electron chi connectivity index (χ1n) is 9.42. The fourth-order valence-electron chi connectivity index (χ4n) is 3.63. The van der Waals surface area contributed by atoms with Gasteiger partial charge in [0.1, 0.15) is 6.54 Å². The Balaban J connectivity index is 1.42. The van der Waals surface area contributed by atoms with E-state index in [4.69, 9.17) is 0 Å². The van der Waals surface area contributed by atoms with Gasteiger partial charge < -0.3 is 15.2 Å². The van der Waals surface area contributed by atoms with Crippen LogP contribution in [0, 0.1) is 5.92 Å². The number of amides is 1. The summed E-state index contributed by atoms with van der Waals surface area (Å²) >= 11 is 0. The van der Waals surface area contributed by atoms with Gasteiger partial charge in [0.15, 0.2) is 0 Å². The maximum absolute atomic E-state index is 12.4. The highest BCUT2D eigenvalue weighted by atomic mass is 16.2. The fraction of sp³-hybridized carbons (Fsp3) is 0.333. The molecule has 1 amide bonds. The number of piperidine rings is 1. The van der Waals surface area contributed by atoms with Crippen LogP contribution in [0.1, 0.15) is 19.8 Å². The second-order valence-electron chi connectivity index (χ2n) is 7.30. The highest BCUT2D eigenvalue weighted by molar-refractivity contribution is 5.91. The summed E-state index contributed by atoms with van der Waals surface area (Å²) in [6.45, 7) is 4.44. The van der Waals surface area contributed by atoms with Crippen molar-refractivity contribution in [3.05, 3.63) is 59.0 Å². The molecule has 1 saturated heterocycles. The van der Waals surface area contributed by atoms with Crippen molar-refractivity contribution in [2.24, 2.45) is 5.92 Å². The lowest BCUT2D eigenvalue weighted by Gasteiger charge is -2.32. The monoisotopic (exact) mass is 364 g/mol. The highest BCUT2D eigenvalue weighted by Crippen LogP contribution is 2.24. The summed E-state index contributed by atoms with van der Waals surface area (Å²) in [4.78, 5) is 29.6. The minimum absolute atomic E-state index is 0.0192. The number of hydrogen-bond acceptors (Lipinski definition) is 3. The van der Waals surface area contributed by atoms with Gasteiger partial charge in [0.2, 0.25) is 5.91 Å². The van der Waals surface area contributed by atoms with Crippen LogP contribution >= 0.6 is 0 Å². The molecule has 0 unspecified atom stereocenters. The van der Waals surface area contributed by atoms with Crippen molar-refractivity contribution in [1.82, 2.24) is 9.55 Å². The van der Waals surface area contributed by atoms with Crippen LogP contribution in [0.25, 0.3) is 11.0 Å². The van der Waals surface area contributed by atoms with Gasteiger partial charge >= 0.3 is 5.69 Å². The van der Waals surface area contributed by atoms with Gasteiger partial charge in [-0.25, -0.2) is 4.79 Å². The molecule has 6 nitrogen and oxygen atoms in total. The molecule has 3 aromatic rings. The molecule has 2 heterocycles. The van der Waals surface area contributed by atoms with Crippen molar-refractivity contribution < 1.29 is 4.79 Å². The number of para-hydroxylation sites is 2. The summed E-state index contributed by atoms with van der Waals surface area (Å²) < 4.78 is 1.45. The number of H-pyrrole nitrogens is 1. The summed E-state index contributed by atoms with van der Waals surface area (Å²) in [6.07, 6.45) is 2.44. The normalized spacial score (nSPS) is 15.2. The van der Waals surface area contributed by atoms with Crippen LogP contribution in [0.3, 0.4) is 0 Å². The molecule has 0 aliphatic carbocycles. The van der Waals surface area contributed by atoms with Crippen LogP contribution in [0.4, 0.5) is 11.4 Å². The molecular formula is C21H24N4O2. The van der Waals surface area contributed by atoms with Crippen LogP contribution in [0.5, 0.6) is 0 Å². The summed E-state index contributed by atoms with van der Waals surface area (Å²) in [7, 11) is 0. The van der Waals surface area contributed by atoms with Gasteiger partial charge in [-0.2, -0.15) is 0 Å². The second kappa shape index (κ2) is 7.31. The smallest absolute Gasteiger partial charge is 0.326 e. The van der Waals surface area contributed by atoms with Gasteiger partial charge in [-0.15, -0.1) is 0 Å². The minimum atomic E-state index is -0.277. The Hall–Kier alpha value is -3.02. The Morgan fingerprint density at radius 3 is 2.56 bits per heavy atom.